The third-order valence-corrected chi connectivity index (χ3v) is 14.6. The Kier molecular flexibility index (Phi) is 7.28. The second kappa shape index (κ2) is 7.23. The van der Waals surface area contributed by atoms with Crippen LogP contribution in [0.1, 0.15) is 48.5 Å². The van der Waals surface area contributed by atoms with Gasteiger partial charge in [-0.3, -0.25) is 0 Å². The molecule has 3 heteroatoms. The fraction of sp³-hybridized carbons (Fsp3) is 0.875. The Hall–Kier alpha value is 0.134. The van der Waals surface area contributed by atoms with Crippen LogP contribution in [0.3, 0.4) is 0 Å². The Morgan fingerprint density at radius 1 is 0.947 bits per heavy atom. The number of hydrogen-bond donors (Lipinski definition) is 0. The molecular formula is C16H37NSi2. The molecule has 0 aliphatic rings. The van der Waals surface area contributed by atoms with Crippen LogP contribution in [0.5, 0.6) is 0 Å². The maximum Gasteiger partial charge on any atom is 0.135 e. The monoisotopic (exact) mass is 299 g/mol. The normalized spacial score (nSPS) is 13.9. The van der Waals surface area contributed by atoms with Gasteiger partial charge in [0, 0.05) is 0 Å². The van der Waals surface area contributed by atoms with E-state index in [0.717, 1.165) is 16.6 Å². The van der Waals surface area contributed by atoms with E-state index in [1.165, 1.54) is 12.7 Å². The third kappa shape index (κ3) is 4.05. The van der Waals surface area contributed by atoms with E-state index in [0.29, 0.717) is 0 Å². The van der Waals surface area contributed by atoms with Crippen molar-refractivity contribution in [3.05, 3.63) is 12.3 Å². The summed E-state index contributed by atoms with van der Waals surface area (Å²) < 4.78 is 2.90. The zero-order valence-electron chi connectivity index (χ0n) is 14.9. The molecule has 0 bridgehead atoms. The van der Waals surface area contributed by atoms with Crippen LogP contribution in [-0.4, -0.2) is 33.6 Å². The average molecular weight is 300 g/mol. The SMILES string of the molecule is C=C[Si](C)(C)CN(CC)[Si](C(C)C)(C(C)C)C(C)C. The summed E-state index contributed by atoms with van der Waals surface area (Å²) in [6.07, 6.45) is 1.29. The molecule has 0 saturated heterocycles. The Labute approximate surface area is 124 Å². The second-order valence-corrected chi connectivity index (χ2v) is 18.1. The van der Waals surface area contributed by atoms with Gasteiger partial charge in [0.25, 0.3) is 0 Å². The number of rotatable bonds is 8. The summed E-state index contributed by atoms with van der Waals surface area (Å²) in [4.78, 5) is 0. The Bertz CT molecular complexity index is 261. The minimum Gasteiger partial charge on any atom is -0.325 e. The summed E-state index contributed by atoms with van der Waals surface area (Å²) in [6, 6.07) is 0. The molecule has 0 spiro atoms. The molecule has 0 aromatic heterocycles. The molecule has 0 aliphatic carbocycles. The highest BCUT2D eigenvalue weighted by Crippen LogP contribution is 2.44. The van der Waals surface area contributed by atoms with Gasteiger partial charge in [-0.1, -0.05) is 61.6 Å². The Morgan fingerprint density at radius 2 is 1.32 bits per heavy atom. The maximum absolute atomic E-state index is 4.09. The van der Waals surface area contributed by atoms with Crippen LogP contribution in [0.4, 0.5) is 0 Å². The first-order valence-electron chi connectivity index (χ1n) is 7.94. The van der Waals surface area contributed by atoms with Gasteiger partial charge in [-0.15, -0.1) is 12.3 Å². The van der Waals surface area contributed by atoms with Gasteiger partial charge in [-0.05, 0) is 29.3 Å². The molecule has 0 heterocycles. The molecule has 0 saturated carbocycles. The lowest BCUT2D eigenvalue weighted by Gasteiger charge is -2.52. The molecule has 1 nitrogen and oxygen atoms in total. The fourth-order valence-corrected chi connectivity index (χ4v) is 14.6. The molecule has 0 radical (unpaired) electrons. The predicted molar refractivity (Wildman–Crippen MR) is 96.0 cm³/mol. The van der Waals surface area contributed by atoms with E-state index >= 15 is 0 Å². The van der Waals surface area contributed by atoms with Crippen LogP contribution in [0.15, 0.2) is 12.3 Å². The largest absolute Gasteiger partial charge is 0.325 e. The Balaban J connectivity index is 5.61. The molecule has 0 atom stereocenters. The van der Waals surface area contributed by atoms with Crippen LogP contribution in [0.2, 0.25) is 29.7 Å². The number of nitrogens with zero attached hydrogens (tertiary/aromatic N) is 1. The quantitative estimate of drug-likeness (QED) is 0.538. The lowest BCUT2D eigenvalue weighted by Crippen LogP contribution is -2.63. The predicted octanol–water partition coefficient (Wildman–Crippen LogP) is 5.46. The van der Waals surface area contributed by atoms with Gasteiger partial charge in [0.1, 0.15) is 8.24 Å². The van der Waals surface area contributed by atoms with Crippen LogP contribution in [0, 0.1) is 0 Å². The molecule has 0 unspecified atom stereocenters. The van der Waals surface area contributed by atoms with Crippen LogP contribution < -0.4 is 0 Å². The lowest BCUT2D eigenvalue weighted by atomic mass is 10.5. The van der Waals surface area contributed by atoms with Gasteiger partial charge >= 0.3 is 0 Å². The van der Waals surface area contributed by atoms with Crippen molar-refractivity contribution >= 4 is 16.3 Å². The summed E-state index contributed by atoms with van der Waals surface area (Å²) in [6.45, 7) is 27.3. The minimum absolute atomic E-state index is 0.807. The summed E-state index contributed by atoms with van der Waals surface area (Å²) in [5, 5.41) is 0. The maximum atomic E-state index is 4.09. The van der Waals surface area contributed by atoms with Gasteiger partial charge in [0.15, 0.2) is 0 Å². The van der Waals surface area contributed by atoms with Crippen molar-refractivity contribution in [1.82, 2.24) is 4.57 Å². The topological polar surface area (TPSA) is 3.24 Å². The van der Waals surface area contributed by atoms with Crippen LogP contribution in [0.25, 0.3) is 0 Å². The van der Waals surface area contributed by atoms with E-state index < -0.39 is 16.3 Å². The van der Waals surface area contributed by atoms with E-state index in [2.05, 4.69) is 78.4 Å². The minimum atomic E-state index is -1.46. The molecule has 0 fully saturated rings. The molecular weight excluding hydrogens is 262 g/mol. The van der Waals surface area contributed by atoms with E-state index in [1.54, 1.807) is 0 Å². The van der Waals surface area contributed by atoms with Gasteiger partial charge in [-0.2, -0.15) is 0 Å². The van der Waals surface area contributed by atoms with Crippen molar-refractivity contribution in [3.63, 3.8) is 0 Å². The third-order valence-electron chi connectivity index (χ3n) is 4.86. The van der Waals surface area contributed by atoms with Crippen LogP contribution in [-0.2, 0) is 0 Å². The summed E-state index contributed by atoms with van der Waals surface area (Å²) in [5.41, 5.74) is 4.68. The first-order valence-corrected chi connectivity index (χ1v) is 13.4. The zero-order valence-corrected chi connectivity index (χ0v) is 16.9. The van der Waals surface area contributed by atoms with Gasteiger partial charge < -0.3 is 4.57 Å². The summed E-state index contributed by atoms with van der Waals surface area (Å²) in [5.74, 6) is 0. The smallest absolute Gasteiger partial charge is 0.135 e. The first-order chi connectivity index (χ1) is 8.56. The molecule has 0 aromatic rings. The van der Waals surface area contributed by atoms with Gasteiger partial charge in [-0.25, -0.2) is 0 Å². The van der Waals surface area contributed by atoms with Crippen LogP contribution >= 0.6 is 0 Å². The Morgan fingerprint density at radius 3 is 1.53 bits per heavy atom. The summed E-state index contributed by atoms with van der Waals surface area (Å²) in [7, 11) is -2.75. The highest BCUT2D eigenvalue weighted by atomic mass is 28.3. The van der Waals surface area contributed by atoms with E-state index in [1.807, 2.05) is 0 Å². The van der Waals surface area contributed by atoms with Crippen molar-refractivity contribution in [2.45, 2.75) is 78.2 Å². The second-order valence-electron chi connectivity index (χ2n) is 7.56. The number of hydrogen-bond acceptors (Lipinski definition) is 1. The van der Waals surface area contributed by atoms with E-state index in [9.17, 15) is 0 Å². The lowest BCUT2D eigenvalue weighted by molar-refractivity contribution is 0.457. The van der Waals surface area contributed by atoms with Crippen molar-refractivity contribution in [2.75, 3.05) is 12.7 Å². The average Bonchev–Trinajstić information content (AvgIpc) is 2.26. The fourth-order valence-electron chi connectivity index (χ4n) is 4.17. The highest BCUT2D eigenvalue weighted by Gasteiger charge is 2.48. The molecule has 0 aliphatic heterocycles. The molecule has 0 aromatic carbocycles. The van der Waals surface area contributed by atoms with Gasteiger partial charge in [0.05, 0.1) is 8.07 Å². The first kappa shape index (κ1) is 19.1. The molecule has 0 N–H and O–H groups in total. The zero-order chi connectivity index (χ0) is 15.4. The standard InChI is InChI=1S/C16H37NSi2/c1-11-17(13-18(9,10)12-2)19(14(3)4,15(5)6)16(7)8/h12,14-16H,2,11,13H2,1,3-10H3. The molecule has 0 rings (SSSR count). The van der Waals surface area contributed by atoms with E-state index in [4.69, 9.17) is 0 Å². The molecule has 114 valence electrons. The molecule has 0 amide bonds. The van der Waals surface area contributed by atoms with Crippen molar-refractivity contribution in [2.24, 2.45) is 0 Å². The van der Waals surface area contributed by atoms with Gasteiger partial charge in [0.2, 0.25) is 0 Å². The summed E-state index contributed by atoms with van der Waals surface area (Å²) >= 11 is 0. The van der Waals surface area contributed by atoms with E-state index in [-0.39, 0.29) is 0 Å². The van der Waals surface area contributed by atoms with Crippen molar-refractivity contribution in [1.29, 1.82) is 0 Å². The van der Waals surface area contributed by atoms with Crippen molar-refractivity contribution < 1.29 is 0 Å². The highest BCUT2D eigenvalue weighted by molar-refractivity contribution is 6.86. The van der Waals surface area contributed by atoms with Crippen molar-refractivity contribution in [3.8, 4) is 0 Å². The molecule has 19 heavy (non-hydrogen) atoms.